The molecule has 0 atom stereocenters. The zero-order valence-electron chi connectivity index (χ0n) is 12.8. The van der Waals surface area contributed by atoms with E-state index in [1.807, 2.05) is 25.1 Å². The molecule has 2 N–H and O–H groups in total. The summed E-state index contributed by atoms with van der Waals surface area (Å²) in [6.07, 6.45) is 1.48. The number of hydrogen-bond donors (Lipinski definition) is 2. The van der Waals surface area contributed by atoms with Gasteiger partial charge in [-0.3, -0.25) is 0 Å². The molecule has 2 aromatic heterocycles. The first-order valence-electron chi connectivity index (χ1n) is 7.16. The second-order valence-corrected chi connectivity index (χ2v) is 9.27. The average molecular weight is 427 g/mol. The number of hydrogen-bond acceptors (Lipinski definition) is 6. The van der Waals surface area contributed by atoms with Gasteiger partial charge in [0.15, 0.2) is 0 Å². The lowest BCUT2D eigenvalue weighted by Gasteiger charge is -2.09. The molecule has 0 amide bonds. The van der Waals surface area contributed by atoms with Crippen molar-refractivity contribution < 1.29 is 8.42 Å². The highest BCUT2D eigenvalue weighted by atomic mass is 79.9. The zero-order chi connectivity index (χ0) is 17.2. The van der Waals surface area contributed by atoms with Crippen molar-refractivity contribution in [3.8, 4) is 0 Å². The molecule has 0 radical (unpaired) electrons. The van der Waals surface area contributed by atoms with Gasteiger partial charge in [-0.2, -0.15) is 0 Å². The summed E-state index contributed by atoms with van der Waals surface area (Å²) in [6.45, 7) is 2.56. The van der Waals surface area contributed by atoms with Crippen molar-refractivity contribution in [1.29, 1.82) is 0 Å². The van der Waals surface area contributed by atoms with E-state index in [0.717, 1.165) is 20.3 Å². The van der Waals surface area contributed by atoms with Crippen LogP contribution in [0.25, 0.3) is 10.9 Å². The Kier molecular flexibility index (Phi) is 5.14. The van der Waals surface area contributed by atoms with Crippen molar-refractivity contribution in [3.05, 3.63) is 46.0 Å². The molecular formula is C15H15BrN4O2S2. The van der Waals surface area contributed by atoms with Gasteiger partial charge in [0.2, 0.25) is 10.0 Å². The van der Waals surface area contributed by atoms with Crippen molar-refractivity contribution in [2.24, 2.45) is 0 Å². The maximum atomic E-state index is 12.2. The molecular weight excluding hydrogens is 412 g/mol. The van der Waals surface area contributed by atoms with Gasteiger partial charge in [-0.1, -0.05) is 15.9 Å². The normalized spacial score (nSPS) is 11.8. The van der Waals surface area contributed by atoms with Crippen LogP contribution in [0.5, 0.6) is 0 Å². The minimum Gasteiger partial charge on any atom is -0.368 e. The molecule has 0 unspecified atom stereocenters. The molecule has 2 heterocycles. The lowest BCUT2D eigenvalue weighted by Crippen LogP contribution is -2.28. The lowest BCUT2D eigenvalue weighted by atomic mass is 10.2. The van der Waals surface area contributed by atoms with Crippen LogP contribution in [0.1, 0.15) is 4.88 Å². The number of benzene rings is 1. The minimum absolute atomic E-state index is 0.263. The van der Waals surface area contributed by atoms with E-state index in [1.165, 1.54) is 17.7 Å². The Morgan fingerprint density at radius 3 is 2.75 bits per heavy atom. The van der Waals surface area contributed by atoms with E-state index in [1.54, 1.807) is 12.1 Å². The van der Waals surface area contributed by atoms with Crippen LogP contribution in [-0.4, -0.2) is 31.5 Å². The van der Waals surface area contributed by atoms with E-state index >= 15 is 0 Å². The Morgan fingerprint density at radius 1 is 1.17 bits per heavy atom. The van der Waals surface area contributed by atoms with Gasteiger partial charge in [0.05, 0.1) is 5.52 Å². The van der Waals surface area contributed by atoms with Gasteiger partial charge in [0.1, 0.15) is 16.4 Å². The highest BCUT2D eigenvalue weighted by molar-refractivity contribution is 9.10. The Labute approximate surface area is 152 Å². The molecule has 1 aromatic carbocycles. The lowest BCUT2D eigenvalue weighted by molar-refractivity contribution is 0.585. The van der Waals surface area contributed by atoms with Crippen molar-refractivity contribution in [2.45, 2.75) is 11.1 Å². The standard InChI is InChI=1S/C15H15BrN4O2S2/c1-10-2-5-14(23-10)24(21,22)20-7-6-17-15-12-8-11(16)3-4-13(12)18-9-19-15/h2-5,8-9,20H,6-7H2,1H3,(H,17,18,19). The predicted octanol–water partition coefficient (Wildman–Crippen LogP) is 3.15. The fourth-order valence-corrected chi connectivity index (χ4v) is 4.88. The van der Waals surface area contributed by atoms with Gasteiger partial charge in [-0.05, 0) is 37.3 Å². The molecule has 0 bridgehead atoms. The molecule has 0 saturated heterocycles. The molecule has 24 heavy (non-hydrogen) atoms. The number of rotatable bonds is 6. The van der Waals surface area contributed by atoms with Crippen molar-refractivity contribution in [1.82, 2.24) is 14.7 Å². The monoisotopic (exact) mass is 426 g/mol. The number of thiophene rings is 1. The molecule has 3 aromatic rings. The van der Waals surface area contributed by atoms with Gasteiger partial charge >= 0.3 is 0 Å². The zero-order valence-corrected chi connectivity index (χ0v) is 16.0. The summed E-state index contributed by atoms with van der Waals surface area (Å²) < 4.78 is 28.2. The minimum atomic E-state index is -3.45. The third-order valence-electron chi connectivity index (χ3n) is 3.29. The number of fused-ring (bicyclic) bond motifs is 1. The van der Waals surface area contributed by atoms with Gasteiger partial charge in [0.25, 0.3) is 0 Å². The van der Waals surface area contributed by atoms with Crippen LogP contribution >= 0.6 is 27.3 Å². The summed E-state index contributed by atoms with van der Waals surface area (Å²) in [7, 11) is -3.45. The van der Waals surface area contributed by atoms with Crippen molar-refractivity contribution in [2.75, 3.05) is 18.4 Å². The Hall–Kier alpha value is -1.55. The number of aromatic nitrogens is 2. The molecule has 0 aliphatic rings. The Bertz CT molecular complexity index is 973. The van der Waals surface area contributed by atoms with Crippen LogP contribution in [0.4, 0.5) is 5.82 Å². The second-order valence-electron chi connectivity index (χ2n) is 5.07. The van der Waals surface area contributed by atoms with Crippen LogP contribution in [0.3, 0.4) is 0 Å². The van der Waals surface area contributed by atoms with Crippen LogP contribution < -0.4 is 10.0 Å². The van der Waals surface area contributed by atoms with Crippen molar-refractivity contribution >= 4 is 54.0 Å². The maximum Gasteiger partial charge on any atom is 0.250 e. The molecule has 0 fully saturated rings. The predicted molar refractivity (Wildman–Crippen MR) is 100.0 cm³/mol. The van der Waals surface area contributed by atoms with Crippen LogP contribution in [0.2, 0.25) is 0 Å². The Morgan fingerprint density at radius 2 is 2.00 bits per heavy atom. The van der Waals surface area contributed by atoms with E-state index in [4.69, 9.17) is 0 Å². The summed E-state index contributed by atoms with van der Waals surface area (Å²) in [6, 6.07) is 9.15. The molecule has 6 nitrogen and oxygen atoms in total. The second kappa shape index (κ2) is 7.14. The fraction of sp³-hybridized carbons (Fsp3) is 0.200. The number of nitrogens with zero attached hydrogens (tertiary/aromatic N) is 2. The van der Waals surface area contributed by atoms with Crippen molar-refractivity contribution in [3.63, 3.8) is 0 Å². The number of halogens is 1. The van der Waals surface area contributed by atoms with Gasteiger partial charge in [-0.15, -0.1) is 11.3 Å². The van der Waals surface area contributed by atoms with E-state index < -0.39 is 10.0 Å². The molecule has 0 aliphatic carbocycles. The fourth-order valence-electron chi connectivity index (χ4n) is 2.16. The SMILES string of the molecule is Cc1ccc(S(=O)(=O)NCCNc2ncnc3ccc(Br)cc23)s1. The first kappa shape index (κ1) is 17.3. The maximum absolute atomic E-state index is 12.2. The topological polar surface area (TPSA) is 84.0 Å². The van der Waals surface area contributed by atoms with Gasteiger partial charge in [-0.25, -0.2) is 23.1 Å². The van der Waals surface area contributed by atoms with E-state index in [-0.39, 0.29) is 6.54 Å². The Balaban J connectivity index is 1.64. The molecule has 126 valence electrons. The molecule has 9 heteroatoms. The first-order valence-corrected chi connectivity index (χ1v) is 10.3. The third kappa shape index (κ3) is 3.92. The van der Waals surface area contributed by atoms with Gasteiger partial charge < -0.3 is 5.32 Å². The number of sulfonamides is 1. The largest absolute Gasteiger partial charge is 0.368 e. The number of aryl methyl sites for hydroxylation is 1. The summed E-state index contributed by atoms with van der Waals surface area (Å²) in [5.41, 5.74) is 0.824. The van der Waals surface area contributed by atoms with E-state index in [9.17, 15) is 8.42 Å². The van der Waals surface area contributed by atoms with Crippen LogP contribution in [0, 0.1) is 6.92 Å². The summed E-state index contributed by atoms with van der Waals surface area (Å²) in [4.78, 5) is 9.40. The molecule has 0 saturated carbocycles. The highest BCUT2D eigenvalue weighted by Crippen LogP contribution is 2.23. The summed E-state index contributed by atoms with van der Waals surface area (Å²) >= 11 is 4.68. The van der Waals surface area contributed by atoms with E-state index in [0.29, 0.717) is 16.6 Å². The average Bonchev–Trinajstić information content (AvgIpc) is 2.99. The van der Waals surface area contributed by atoms with Crippen LogP contribution in [0.15, 0.2) is 45.3 Å². The molecule has 0 spiro atoms. The third-order valence-corrected chi connectivity index (χ3v) is 6.73. The van der Waals surface area contributed by atoms with Crippen LogP contribution in [-0.2, 0) is 10.0 Å². The summed E-state index contributed by atoms with van der Waals surface area (Å²) in [5, 5.41) is 4.03. The van der Waals surface area contributed by atoms with Gasteiger partial charge in [0, 0.05) is 27.8 Å². The number of nitrogens with one attached hydrogen (secondary N) is 2. The first-order chi connectivity index (χ1) is 11.5. The highest BCUT2D eigenvalue weighted by Gasteiger charge is 2.15. The smallest absolute Gasteiger partial charge is 0.250 e. The molecule has 0 aliphatic heterocycles. The quantitative estimate of drug-likeness (QED) is 0.591. The number of anilines is 1. The van der Waals surface area contributed by atoms with E-state index in [2.05, 4.69) is 35.9 Å². The summed E-state index contributed by atoms with van der Waals surface area (Å²) in [5.74, 6) is 0.674. The molecule has 3 rings (SSSR count).